The molecular formula is C19H28N2OS. The van der Waals surface area contributed by atoms with Crippen LogP contribution in [0.3, 0.4) is 0 Å². The molecule has 23 heavy (non-hydrogen) atoms. The Bertz CT molecular complexity index is 539. The molecule has 0 aromatic rings. The van der Waals surface area contributed by atoms with Crippen molar-refractivity contribution in [2.75, 3.05) is 12.3 Å². The first kappa shape index (κ1) is 16.8. The quantitative estimate of drug-likeness (QED) is 0.753. The number of nitrogens with zero attached hydrogens (tertiary/aromatic N) is 1. The summed E-state index contributed by atoms with van der Waals surface area (Å²) in [4.78, 5) is 17.5. The van der Waals surface area contributed by atoms with Gasteiger partial charge in [0.1, 0.15) is 0 Å². The molecule has 2 aliphatic heterocycles. The van der Waals surface area contributed by atoms with E-state index in [0.717, 1.165) is 25.1 Å². The second-order valence-corrected chi connectivity index (χ2v) is 8.29. The summed E-state index contributed by atoms with van der Waals surface area (Å²) >= 11 is 1.91. The minimum atomic E-state index is -0.0412. The third-order valence-electron chi connectivity index (χ3n) is 5.34. The number of carbonyl (C=O) groups excluding carboxylic acids is 1. The molecule has 0 saturated carbocycles. The summed E-state index contributed by atoms with van der Waals surface area (Å²) < 4.78 is -0.0412. The number of allylic oxidation sites excluding steroid dienone is 3. The fourth-order valence-corrected chi connectivity index (χ4v) is 5.83. The van der Waals surface area contributed by atoms with Crippen molar-refractivity contribution in [2.24, 2.45) is 16.8 Å². The number of nitrogens with one attached hydrogen (secondary N) is 1. The highest BCUT2D eigenvalue weighted by Gasteiger charge is 2.54. The lowest BCUT2D eigenvalue weighted by Gasteiger charge is -2.38. The van der Waals surface area contributed by atoms with Crippen molar-refractivity contribution in [1.82, 2.24) is 5.32 Å². The Hall–Kier alpha value is -1.03. The zero-order valence-electron chi connectivity index (χ0n) is 14.3. The molecule has 1 fully saturated rings. The van der Waals surface area contributed by atoms with Crippen molar-refractivity contribution in [1.29, 1.82) is 0 Å². The molecule has 4 heteroatoms. The third kappa shape index (κ3) is 3.28. The minimum Gasteiger partial charge on any atom is -0.353 e. The number of amides is 1. The molecule has 1 saturated heterocycles. The molecule has 1 aliphatic carbocycles. The van der Waals surface area contributed by atoms with Gasteiger partial charge in [-0.15, -0.1) is 11.8 Å². The van der Waals surface area contributed by atoms with Crippen LogP contribution in [-0.4, -0.2) is 34.7 Å². The summed E-state index contributed by atoms with van der Waals surface area (Å²) in [5.74, 6) is 1.68. The topological polar surface area (TPSA) is 41.5 Å². The van der Waals surface area contributed by atoms with E-state index in [1.165, 1.54) is 25.0 Å². The van der Waals surface area contributed by atoms with Gasteiger partial charge in [-0.2, -0.15) is 0 Å². The van der Waals surface area contributed by atoms with Gasteiger partial charge in [-0.05, 0) is 31.8 Å². The van der Waals surface area contributed by atoms with Gasteiger partial charge in [-0.3, -0.25) is 9.79 Å². The number of hydrogen-bond donors (Lipinski definition) is 1. The highest BCUT2D eigenvalue weighted by Crippen LogP contribution is 2.52. The van der Waals surface area contributed by atoms with E-state index in [1.54, 1.807) is 0 Å². The maximum absolute atomic E-state index is 12.8. The third-order valence-corrected chi connectivity index (χ3v) is 6.99. The van der Waals surface area contributed by atoms with Gasteiger partial charge in [0.15, 0.2) is 0 Å². The zero-order valence-corrected chi connectivity index (χ0v) is 15.1. The molecule has 3 nitrogen and oxygen atoms in total. The lowest BCUT2D eigenvalue weighted by atomic mass is 9.74. The zero-order chi connectivity index (χ0) is 16.3. The van der Waals surface area contributed by atoms with Gasteiger partial charge in [0.2, 0.25) is 5.91 Å². The Morgan fingerprint density at radius 1 is 1.48 bits per heavy atom. The van der Waals surface area contributed by atoms with E-state index in [0.29, 0.717) is 5.92 Å². The van der Waals surface area contributed by atoms with Gasteiger partial charge in [0.25, 0.3) is 0 Å². The van der Waals surface area contributed by atoms with Crippen molar-refractivity contribution in [3.05, 3.63) is 24.3 Å². The van der Waals surface area contributed by atoms with Gasteiger partial charge >= 0.3 is 0 Å². The monoisotopic (exact) mass is 332 g/mol. The second-order valence-electron chi connectivity index (χ2n) is 7.00. The summed E-state index contributed by atoms with van der Waals surface area (Å²) in [6, 6.07) is 0.286. The Morgan fingerprint density at radius 3 is 3.17 bits per heavy atom. The second kappa shape index (κ2) is 7.25. The number of thioether (sulfide) groups is 1. The van der Waals surface area contributed by atoms with Crippen molar-refractivity contribution in [2.45, 2.75) is 56.7 Å². The summed E-state index contributed by atoms with van der Waals surface area (Å²) in [5, 5.41) is 3.27. The van der Waals surface area contributed by atoms with Gasteiger partial charge in [0, 0.05) is 18.3 Å². The van der Waals surface area contributed by atoms with Crippen molar-refractivity contribution in [3.63, 3.8) is 0 Å². The van der Waals surface area contributed by atoms with E-state index in [1.807, 2.05) is 11.8 Å². The maximum Gasteiger partial charge on any atom is 0.224 e. The minimum absolute atomic E-state index is 0.0412. The maximum atomic E-state index is 12.8. The molecule has 3 rings (SSSR count). The standard InChI is InChI=1S/C19H28N2OS/c1-3-4-5-8-14(2)21-18(22)15-13-23-19-11-7-6-9-17(19)20-12-10-16(15)19/h6-7,9,11,14-16H,3-5,8,10,12-13H2,1-2H3,(H,21,22). The van der Waals surface area contributed by atoms with E-state index < -0.39 is 0 Å². The predicted octanol–water partition coefficient (Wildman–Crippen LogP) is 3.76. The largest absolute Gasteiger partial charge is 0.353 e. The highest BCUT2D eigenvalue weighted by atomic mass is 32.2. The summed E-state index contributed by atoms with van der Waals surface area (Å²) in [6.45, 7) is 5.21. The molecule has 0 aromatic heterocycles. The first-order valence-electron chi connectivity index (χ1n) is 9.02. The number of hydrogen-bond acceptors (Lipinski definition) is 3. The Kier molecular flexibility index (Phi) is 5.30. The molecule has 0 radical (unpaired) electrons. The normalized spacial score (nSPS) is 32.9. The average Bonchev–Trinajstić information content (AvgIpc) is 2.93. The van der Waals surface area contributed by atoms with Crippen molar-refractivity contribution in [3.8, 4) is 0 Å². The lowest BCUT2D eigenvalue weighted by Crippen LogP contribution is -2.47. The van der Waals surface area contributed by atoms with E-state index in [4.69, 9.17) is 4.99 Å². The van der Waals surface area contributed by atoms with Crippen LogP contribution in [0.15, 0.2) is 29.3 Å². The average molecular weight is 333 g/mol. The molecule has 1 amide bonds. The first-order valence-corrected chi connectivity index (χ1v) is 10.0. The smallest absolute Gasteiger partial charge is 0.224 e. The molecule has 0 aromatic carbocycles. The van der Waals surface area contributed by atoms with Crippen LogP contribution in [-0.2, 0) is 4.79 Å². The van der Waals surface area contributed by atoms with E-state index >= 15 is 0 Å². The van der Waals surface area contributed by atoms with Crippen LogP contribution in [0, 0.1) is 11.8 Å². The van der Waals surface area contributed by atoms with Crippen molar-refractivity contribution >= 4 is 23.4 Å². The summed E-state index contributed by atoms with van der Waals surface area (Å²) in [6.07, 6.45) is 14.4. The summed E-state index contributed by atoms with van der Waals surface area (Å²) in [7, 11) is 0. The van der Waals surface area contributed by atoms with E-state index in [2.05, 4.69) is 43.5 Å². The fraction of sp³-hybridized carbons (Fsp3) is 0.684. The molecule has 4 atom stereocenters. The molecule has 3 aliphatic rings. The van der Waals surface area contributed by atoms with Gasteiger partial charge in [-0.25, -0.2) is 0 Å². The van der Waals surface area contributed by atoms with Gasteiger partial charge < -0.3 is 5.32 Å². The molecule has 126 valence electrons. The van der Waals surface area contributed by atoms with Crippen LogP contribution in [0.1, 0.15) is 46.0 Å². The molecular weight excluding hydrogens is 304 g/mol. The fourth-order valence-electron chi connectivity index (χ4n) is 4.04. The number of aliphatic imine (C=N–C) groups is 1. The van der Waals surface area contributed by atoms with Crippen LogP contribution in [0.5, 0.6) is 0 Å². The highest BCUT2D eigenvalue weighted by molar-refractivity contribution is 8.02. The molecule has 1 spiro atoms. The molecule has 2 heterocycles. The number of unbranched alkanes of at least 4 members (excludes halogenated alkanes) is 2. The molecule has 1 N–H and O–H groups in total. The lowest BCUT2D eigenvalue weighted by molar-refractivity contribution is -0.126. The van der Waals surface area contributed by atoms with Crippen molar-refractivity contribution < 1.29 is 4.79 Å². The Balaban J connectivity index is 1.64. The van der Waals surface area contributed by atoms with Gasteiger partial charge in [-0.1, -0.05) is 44.4 Å². The predicted molar refractivity (Wildman–Crippen MR) is 99.1 cm³/mol. The van der Waals surface area contributed by atoms with Crippen LogP contribution in [0.4, 0.5) is 0 Å². The Morgan fingerprint density at radius 2 is 2.35 bits per heavy atom. The molecule has 4 unspecified atom stereocenters. The number of carbonyl (C=O) groups is 1. The van der Waals surface area contributed by atoms with Crippen LogP contribution >= 0.6 is 11.8 Å². The Labute approximate surface area is 144 Å². The van der Waals surface area contributed by atoms with Gasteiger partial charge in [0.05, 0.1) is 16.4 Å². The first-order chi connectivity index (χ1) is 11.2. The SMILES string of the molecule is CCCCCC(C)NC(=O)C1CSC23C=CC=CC2=NCCC13. The summed E-state index contributed by atoms with van der Waals surface area (Å²) in [5.41, 5.74) is 1.17. The molecule has 0 bridgehead atoms. The van der Waals surface area contributed by atoms with Crippen LogP contribution in [0.25, 0.3) is 0 Å². The van der Waals surface area contributed by atoms with Crippen LogP contribution < -0.4 is 5.32 Å². The van der Waals surface area contributed by atoms with E-state index in [-0.39, 0.29) is 22.6 Å². The van der Waals surface area contributed by atoms with Crippen LogP contribution in [0.2, 0.25) is 0 Å². The van der Waals surface area contributed by atoms with E-state index in [9.17, 15) is 4.79 Å². The number of rotatable bonds is 6.